The van der Waals surface area contributed by atoms with Crippen molar-refractivity contribution in [2.75, 3.05) is 26.7 Å². The fourth-order valence-corrected chi connectivity index (χ4v) is 3.83. The number of pyridine rings is 2. The van der Waals surface area contributed by atoms with E-state index in [1.54, 1.807) is 0 Å². The smallest absolute Gasteiger partial charge is 0.119 e. The first-order valence-corrected chi connectivity index (χ1v) is 10.9. The molecule has 1 aromatic carbocycles. The van der Waals surface area contributed by atoms with Gasteiger partial charge < -0.3 is 9.64 Å². The zero-order valence-corrected chi connectivity index (χ0v) is 18.2. The minimum absolute atomic E-state index is 0.713. The van der Waals surface area contributed by atoms with Crippen molar-refractivity contribution >= 4 is 6.08 Å². The van der Waals surface area contributed by atoms with Crippen LogP contribution in [0, 0.1) is 0 Å². The summed E-state index contributed by atoms with van der Waals surface area (Å²) in [4.78, 5) is 13.0. The van der Waals surface area contributed by atoms with Crippen LogP contribution in [0.4, 0.5) is 0 Å². The number of nitrogens with zero attached hydrogens (tertiary/aromatic N) is 4. The molecule has 160 valence electrons. The Morgan fingerprint density at radius 3 is 2.74 bits per heavy atom. The van der Waals surface area contributed by atoms with Crippen LogP contribution in [-0.4, -0.2) is 46.5 Å². The standard InChI is InChI=1S/C26H30N4O/c1-29-15-10-24-5-6-26(18-25(24)21-29)31-17-3-14-30(20-23-7-12-27-13-8-23)16-9-22-4-2-11-28-19-22/h2,4-8,10-13,15,18-19H,3,9,14,16-17,20-21H2,1H3. The second-order valence-electron chi connectivity index (χ2n) is 8.04. The molecule has 4 rings (SSSR count). The first-order valence-electron chi connectivity index (χ1n) is 10.9. The molecule has 0 spiro atoms. The molecule has 5 heteroatoms. The third kappa shape index (κ3) is 6.40. The molecule has 0 aliphatic carbocycles. The van der Waals surface area contributed by atoms with Crippen molar-refractivity contribution in [3.8, 4) is 5.75 Å². The third-order valence-corrected chi connectivity index (χ3v) is 5.53. The SMILES string of the molecule is CN1C=Cc2ccc(OCCCN(CCc3cccnc3)Cc3ccncc3)cc2C1. The molecule has 2 aromatic heterocycles. The zero-order valence-electron chi connectivity index (χ0n) is 18.2. The Morgan fingerprint density at radius 1 is 1.00 bits per heavy atom. The van der Waals surface area contributed by atoms with Crippen LogP contribution in [-0.2, 0) is 19.5 Å². The Kier molecular flexibility index (Phi) is 7.29. The predicted octanol–water partition coefficient (Wildman–Crippen LogP) is 4.41. The summed E-state index contributed by atoms with van der Waals surface area (Å²) >= 11 is 0. The van der Waals surface area contributed by atoms with Crippen LogP contribution in [0.3, 0.4) is 0 Å². The van der Waals surface area contributed by atoms with E-state index in [-0.39, 0.29) is 0 Å². The molecule has 1 aliphatic heterocycles. The number of hydrogen-bond acceptors (Lipinski definition) is 5. The van der Waals surface area contributed by atoms with Gasteiger partial charge in [0.05, 0.1) is 6.61 Å². The third-order valence-electron chi connectivity index (χ3n) is 5.53. The molecule has 0 amide bonds. The maximum absolute atomic E-state index is 6.08. The average Bonchev–Trinajstić information content (AvgIpc) is 2.81. The number of fused-ring (bicyclic) bond motifs is 1. The van der Waals surface area contributed by atoms with Gasteiger partial charge in [0.1, 0.15) is 5.75 Å². The maximum Gasteiger partial charge on any atom is 0.119 e. The van der Waals surface area contributed by atoms with Gasteiger partial charge in [-0.25, -0.2) is 0 Å². The number of benzene rings is 1. The molecule has 31 heavy (non-hydrogen) atoms. The number of rotatable bonds is 10. The van der Waals surface area contributed by atoms with Gasteiger partial charge in [0.25, 0.3) is 0 Å². The van der Waals surface area contributed by atoms with E-state index in [2.05, 4.69) is 75.5 Å². The lowest BCUT2D eigenvalue weighted by atomic mass is 10.0. The minimum atomic E-state index is 0.713. The lowest BCUT2D eigenvalue weighted by Crippen LogP contribution is -2.28. The molecule has 0 saturated carbocycles. The number of ether oxygens (including phenoxy) is 1. The van der Waals surface area contributed by atoms with Gasteiger partial charge in [-0.3, -0.25) is 14.9 Å². The molecule has 0 saturated heterocycles. The number of hydrogen-bond donors (Lipinski definition) is 0. The fourth-order valence-electron chi connectivity index (χ4n) is 3.83. The van der Waals surface area contributed by atoms with Crippen LogP contribution in [0.5, 0.6) is 5.75 Å². The quantitative estimate of drug-likeness (QED) is 0.460. The Bertz CT molecular complexity index is 975. The Labute approximate surface area is 185 Å². The second-order valence-corrected chi connectivity index (χ2v) is 8.04. The normalized spacial score (nSPS) is 12.8. The van der Waals surface area contributed by atoms with Gasteiger partial charge in [0, 0.05) is 58.0 Å². The molecular weight excluding hydrogens is 384 g/mol. The highest BCUT2D eigenvalue weighted by Crippen LogP contribution is 2.23. The van der Waals surface area contributed by atoms with Crippen molar-refractivity contribution in [3.63, 3.8) is 0 Å². The highest BCUT2D eigenvalue weighted by Gasteiger charge is 2.10. The zero-order chi connectivity index (χ0) is 21.3. The molecule has 0 fully saturated rings. The summed E-state index contributed by atoms with van der Waals surface area (Å²) in [5.74, 6) is 0.957. The topological polar surface area (TPSA) is 41.5 Å². The highest BCUT2D eigenvalue weighted by molar-refractivity contribution is 5.57. The first kappa shape index (κ1) is 21.1. The highest BCUT2D eigenvalue weighted by atomic mass is 16.5. The van der Waals surface area contributed by atoms with E-state index in [0.29, 0.717) is 6.61 Å². The lowest BCUT2D eigenvalue weighted by molar-refractivity contribution is 0.229. The summed E-state index contributed by atoms with van der Waals surface area (Å²) < 4.78 is 6.08. The number of aromatic nitrogens is 2. The maximum atomic E-state index is 6.08. The first-order chi connectivity index (χ1) is 15.3. The van der Waals surface area contributed by atoms with Crippen LogP contribution >= 0.6 is 0 Å². The summed E-state index contributed by atoms with van der Waals surface area (Å²) in [7, 11) is 2.09. The minimum Gasteiger partial charge on any atom is -0.494 e. The van der Waals surface area contributed by atoms with Crippen molar-refractivity contribution in [2.24, 2.45) is 0 Å². The molecule has 0 unspecified atom stereocenters. The van der Waals surface area contributed by atoms with Gasteiger partial charge in [-0.2, -0.15) is 0 Å². The van der Waals surface area contributed by atoms with E-state index in [4.69, 9.17) is 4.74 Å². The molecule has 5 nitrogen and oxygen atoms in total. The molecule has 0 radical (unpaired) electrons. The molecule has 0 atom stereocenters. The van der Waals surface area contributed by atoms with Crippen molar-refractivity contribution in [3.05, 3.63) is 95.7 Å². The monoisotopic (exact) mass is 414 g/mol. The van der Waals surface area contributed by atoms with Crippen LogP contribution in [0.25, 0.3) is 6.08 Å². The Balaban J connectivity index is 1.29. The summed E-state index contributed by atoms with van der Waals surface area (Å²) in [6.07, 6.45) is 13.7. The Morgan fingerprint density at radius 2 is 1.90 bits per heavy atom. The van der Waals surface area contributed by atoms with Crippen molar-refractivity contribution < 1.29 is 4.74 Å². The van der Waals surface area contributed by atoms with Gasteiger partial charge in [0.2, 0.25) is 0 Å². The van der Waals surface area contributed by atoms with Gasteiger partial charge in [-0.15, -0.1) is 0 Å². The summed E-state index contributed by atoms with van der Waals surface area (Å²) in [6.45, 7) is 4.53. The molecule has 3 heterocycles. The van der Waals surface area contributed by atoms with E-state index < -0.39 is 0 Å². The van der Waals surface area contributed by atoms with Crippen molar-refractivity contribution in [1.82, 2.24) is 19.8 Å². The van der Waals surface area contributed by atoms with E-state index >= 15 is 0 Å². The summed E-state index contributed by atoms with van der Waals surface area (Å²) in [6, 6.07) is 14.7. The van der Waals surface area contributed by atoms with Gasteiger partial charge >= 0.3 is 0 Å². The van der Waals surface area contributed by atoms with Crippen LogP contribution < -0.4 is 4.74 Å². The van der Waals surface area contributed by atoms with E-state index in [1.807, 2.05) is 30.9 Å². The summed E-state index contributed by atoms with van der Waals surface area (Å²) in [5.41, 5.74) is 5.16. The van der Waals surface area contributed by atoms with E-state index in [9.17, 15) is 0 Å². The van der Waals surface area contributed by atoms with E-state index in [0.717, 1.165) is 44.8 Å². The Hall–Kier alpha value is -3.18. The van der Waals surface area contributed by atoms with Crippen LogP contribution in [0.1, 0.15) is 28.7 Å². The molecular formula is C26H30N4O. The van der Waals surface area contributed by atoms with Crippen LogP contribution in [0.15, 0.2) is 73.5 Å². The molecule has 3 aromatic rings. The van der Waals surface area contributed by atoms with Crippen molar-refractivity contribution in [2.45, 2.75) is 25.9 Å². The van der Waals surface area contributed by atoms with E-state index in [1.165, 1.54) is 22.3 Å². The predicted molar refractivity (Wildman–Crippen MR) is 125 cm³/mol. The fraction of sp³-hybridized carbons (Fsp3) is 0.308. The van der Waals surface area contributed by atoms with Crippen LogP contribution in [0.2, 0.25) is 0 Å². The van der Waals surface area contributed by atoms with Gasteiger partial charge in [-0.1, -0.05) is 12.1 Å². The second kappa shape index (κ2) is 10.7. The molecule has 0 bridgehead atoms. The summed E-state index contributed by atoms with van der Waals surface area (Å²) in [5, 5.41) is 0. The lowest BCUT2D eigenvalue weighted by Gasteiger charge is -2.23. The average molecular weight is 415 g/mol. The molecule has 1 aliphatic rings. The molecule has 0 N–H and O–H groups in total. The van der Waals surface area contributed by atoms with Crippen molar-refractivity contribution in [1.29, 1.82) is 0 Å². The van der Waals surface area contributed by atoms with Gasteiger partial charge in [-0.05, 0) is 77.7 Å². The largest absolute Gasteiger partial charge is 0.494 e. The van der Waals surface area contributed by atoms with Gasteiger partial charge in [0.15, 0.2) is 0 Å².